The fourth-order valence-electron chi connectivity index (χ4n) is 2.46. The molecular formula is C20H18ClFN4O. The first-order valence-corrected chi connectivity index (χ1v) is 8.78. The van der Waals surface area contributed by atoms with Crippen LogP contribution in [0.25, 0.3) is 0 Å². The van der Waals surface area contributed by atoms with E-state index in [0.717, 1.165) is 12.0 Å². The van der Waals surface area contributed by atoms with Crippen LogP contribution in [0.5, 0.6) is 0 Å². The van der Waals surface area contributed by atoms with E-state index in [1.807, 2.05) is 24.3 Å². The number of nitrogens with one attached hydrogen (secondary N) is 2. The van der Waals surface area contributed by atoms with Crippen LogP contribution >= 0.6 is 11.6 Å². The lowest BCUT2D eigenvalue weighted by molar-refractivity contribution is 0.102. The Morgan fingerprint density at radius 2 is 1.78 bits per heavy atom. The van der Waals surface area contributed by atoms with Crippen LogP contribution in [0, 0.1) is 12.7 Å². The summed E-state index contributed by atoms with van der Waals surface area (Å²) >= 11 is 5.88. The number of hydrogen-bond donors (Lipinski definition) is 2. The molecule has 5 nitrogen and oxygen atoms in total. The minimum atomic E-state index is -0.382. The van der Waals surface area contributed by atoms with Crippen LogP contribution in [-0.2, 0) is 6.42 Å². The van der Waals surface area contributed by atoms with Crippen LogP contribution in [0.2, 0.25) is 5.02 Å². The molecule has 3 aromatic rings. The quantitative estimate of drug-likeness (QED) is 0.657. The van der Waals surface area contributed by atoms with E-state index in [0.29, 0.717) is 28.9 Å². The van der Waals surface area contributed by atoms with E-state index in [1.165, 1.54) is 24.3 Å². The number of aromatic nitrogens is 2. The first-order chi connectivity index (χ1) is 13.0. The molecule has 2 N–H and O–H groups in total. The Bertz CT molecular complexity index is 930. The van der Waals surface area contributed by atoms with Gasteiger partial charge in [-0.05, 0) is 61.4 Å². The molecule has 3 rings (SSSR count). The second-order valence-corrected chi connectivity index (χ2v) is 6.42. The standard InChI is InChI=1S/C20H18ClFN4O/c1-13-12-18(19(27)25-17-8-6-16(22)7-9-17)26-20(24-13)23-11-10-14-2-4-15(21)5-3-14/h2-9,12H,10-11H2,1H3,(H,25,27)(H,23,24,26). The molecule has 1 heterocycles. The number of rotatable bonds is 6. The number of nitrogens with zero attached hydrogens (tertiary/aromatic N) is 2. The maximum atomic E-state index is 13.0. The molecule has 0 bridgehead atoms. The normalized spacial score (nSPS) is 10.5. The van der Waals surface area contributed by atoms with Crippen molar-refractivity contribution in [3.8, 4) is 0 Å². The van der Waals surface area contributed by atoms with Crippen LogP contribution in [0.1, 0.15) is 21.7 Å². The fourth-order valence-corrected chi connectivity index (χ4v) is 2.59. The van der Waals surface area contributed by atoms with E-state index >= 15 is 0 Å². The lowest BCUT2D eigenvalue weighted by Gasteiger charge is -2.09. The molecular weight excluding hydrogens is 367 g/mol. The number of hydrogen-bond acceptors (Lipinski definition) is 4. The summed E-state index contributed by atoms with van der Waals surface area (Å²) in [5.41, 5.74) is 2.54. The predicted molar refractivity (Wildman–Crippen MR) is 105 cm³/mol. The van der Waals surface area contributed by atoms with Crippen molar-refractivity contribution in [2.45, 2.75) is 13.3 Å². The van der Waals surface area contributed by atoms with E-state index in [1.54, 1.807) is 13.0 Å². The average molecular weight is 385 g/mol. The molecule has 0 aliphatic heterocycles. The molecule has 1 amide bonds. The van der Waals surface area contributed by atoms with Crippen molar-refractivity contribution in [1.29, 1.82) is 0 Å². The van der Waals surface area contributed by atoms with Gasteiger partial charge in [0.15, 0.2) is 0 Å². The van der Waals surface area contributed by atoms with Gasteiger partial charge in [0, 0.05) is 22.9 Å². The second-order valence-electron chi connectivity index (χ2n) is 5.98. The Morgan fingerprint density at radius 1 is 1.07 bits per heavy atom. The average Bonchev–Trinajstić information content (AvgIpc) is 2.65. The zero-order valence-electron chi connectivity index (χ0n) is 14.7. The number of halogens is 2. The first kappa shape index (κ1) is 18.8. The predicted octanol–water partition coefficient (Wildman–Crippen LogP) is 4.48. The highest BCUT2D eigenvalue weighted by atomic mass is 35.5. The highest BCUT2D eigenvalue weighted by molar-refractivity contribution is 6.30. The second kappa shape index (κ2) is 8.60. The summed E-state index contributed by atoms with van der Waals surface area (Å²) in [4.78, 5) is 21.0. The number of aryl methyl sites for hydroxylation is 1. The highest BCUT2D eigenvalue weighted by Crippen LogP contribution is 2.12. The largest absolute Gasteiger partial charge is 0.354 e. The van der Waals surface area contributed by atoms with E-state index in [4.69, 9.17) is 11.6 Å². The molecule has 0 saturated heterocycles. The van der Waals surface area contributed by atoms with Crippen LogP contribution in [0.15, 0.2) is 54.6 Å². The van der Waals surface area contributed by atoms with Gasteiger partial charge in [-0.15, -0.1) is 0 Å². The van der Waals surface area contributed by atoms with E-state index < -0.39 is 0 Å². The van der Waals surface area contributed by atoms with Gasteiger partial charge >= 0.3 is 0 Å². The SMILES string of the molecule is Cc1cc(C(=O)Nc2ccc(F)cc2)nc(NCCc2ccc(Cl)cc2)n1. The number of carbonyl (C=O) groups is 1. The van der Waals surface area contributed by atoms with Crippen LogP contribution in [-0.4, -0.2) is 22.4 Å². The Hall–Kier alpha value is -2.99. The topological polar surface area (TPSA) is 66.9 Å². The third-order valence-electron chi connectivity index (χ3n) is 3.80. The van der Waals surface area contributed by atoms with Crippen molar-refractivity contribution >= 4 is 29.1 Å². The molecule has 0 saturated carbocycles. The summed E-state index contributed by atoms with van der Waals surface area (Å²) in [6, 6.07) is 14.8. The van der Waals surface area contributed by atoms with Gasteiger partial charge in [0.1, 0.15) is 11.5 Å². The van der Waals surface area contributed by atoms with Gasteiger partial charge in [0.25, 0.3) is 5.91 Å². The lowest BCUT2D eigenvalue weighted by atomic mass is 10.1. The van der Waals surface area contributed by atoms with E-state index in [2.05, 4.69) is 20.6 Å². The summed E-state index contributed by atoms with van der Waals surface area (Å²) in [6.45, 7) is 2.41. The summed E-state index contributed by atoms with van der Waals surface area (Å²) in [5, 5.41) is 6.52. The molecule has 138 valence electrons. The van der Waals surface area contributed by atoms with E-state index in [9.17, 15) is 9.18 Å². The molecule has 0 unspecified atom stereocenters. The Morgan fingerprint density at radius 3 is 2.48 bits per heavy atom. The Labute approximate surface area is 161 Å². The van der Waals surface area contributed by atoms with Crippen molar-refractivity contribution < 1.29 is 9.18 Å². The Balaban J connectivity index is 1.63. The van der Waals surface area contributed by atoms with Gasteiger partial charge < -0.3 is 10.6 Å². The van der Waals surface area contributed by atoms with Crippen molar-refractivity contribution in [3.63, 3.8) is 0 Å². The molecule has 7 heteroatoms. The summed E-state index contributed by atoms with van der Waals surface area (Å²) in [7, 11) is 0. The van der Waals surface area contributed by atoms with Crippen LogP contribution in [0.4, 0.5) is 16.0 Å². The smallest absolute Gasteiger partial charge is 0.274 e. The molecule has 0 radical (unpaired) electrons. The Kier molecular flexibility index (Phi) is 5.98. The van der Waals surface area contributed by atoms with Gasteiger partial charge in [-0.3, -0.25) is 4.79 Å². The van der Waals surface area contributed by atoms with Crippen molar-refractivity contribution in [2.24, 2.45) is 0 Å². The molecule has 0 aliphatic rings. The molecule has 0 spiro atoms. The highest BCUT2D eigenvalue weighted by Gasteiger charge is 2.11. The van der Waals surface area contributed by atoms with Gasteiger partial charge in [-0.2, -0.15) is 0 Å². The molecule has 2 aromatic carbocycles. The molecule has 0 fully saturated rings. The van der Waals surface area contributed by atoms with Gasteiger partial charge in [0.2, 0.25) is 5.95 Å². The zero-order valence-corrected chi connectivity index (χ0v) is 15.4. The van der Waals surface area contributed by atoms with Crippen molar-refractivity contribution in [3.05, 3.63) is 82.4 Å². The zero-order chi connectivity index (χ0) is 19.2. The fraction of sp³-hybridized carbons (Fsp3) is 0.150. The summed E-state index contributed by atoms with van der Waals surface area (Å²) in [6.07, 6.45) is 0.769. The first-order valence-electron chi connectivity index (χ1n) is 8.40. The maximum Gasteiger partial charge on any atom is 0.274 e. The number of amides is 1. The minimum absolute atomic E-state index is 0.237. The third-order valence-corrected chi connectivity index (χ3v) is 4.05. The molecule has 1 aromatic heterocycles. The van der Waals surface area contributed by atoms with Crippen molar-refractivity contribution in [2.75, 3.05) is 17.2 Å². The van der Waals surface area contributed by atoms with Gasteiger partial charge in [0.05, 0.1) is 0 Å². The van der Waals surface area contributed by atoms with E-state index in [-0.39, 0.29) is 17.4 Å². The maximum absolute atomic E-state index is 13.0. The molecule has 27 heavy (non-hydrogen) atoms. The third kappa shape index (κ3) is 5.49. The summed E-state index contributed by atoms with van der Waals surface area (Å²) in [5.74, 6) is -0.362. The number of anilines is 2. The molecule has 0 aliphatic carbocycles. The molecule has 0 atom stereocenters. The number of carbonyl (C=O) groups excluding carboxylic acids is 1. The van der Waals surface area contributed by atoms with Crippen LogP contribution < -0.4 is 10.6 Å². The monoisotopic (exact) mass is 384 g/mol. The van der Waals surface area contributed by atoms with Gasteiger partial charge in [-0.25, -0.2) is 14.4 Å². The lowest BCUT2D eigenvalue weighted by Crippen LogP contribution is -2.17. The van der Waals surface area contributed by atoms with Gasteiger partial charge in [-0.1, -0.05) is 23.7 Å². The minimum Gasteiger partial charge on any atom is -0.354 e. The number of benzene rings is 2. The van der Waals surface area contributed by atoms with Crippen molar-refractivity contribution in [1.82, 2.24) is 9.97 Å². The van der Waals surface area contributed by atoms with Crippen LogP contribution in [0.3, 0.4) is 0 Å². The summed E-state index contributed by atoms with van der Waals surface area (Å²) < 4.78 is 13.0.